The predicted molar refractivity (Wildman–Crippen MR) is 27.9 cm³/mol. The lowest BCUT2D eigenvalue weighted by Gasteiger charge is -1.88. The molecule has 1 fully saturated rings. The van der Waals surface area contributed by atoms with Crippen molar-refractivity contribution >= 4 is 11.8 Å². The molecule has 0 spiro atoms. The highest BCUT2D eigenvalue weighted by atomic mass is 32.2. The first-order valence-corrected chi connectivity index (χ1v) is 3.14. The third kappa shape index (κ3) is 0.884. The topological polar surface area (TPSA) is 9.23 Å². The Balaban J connectivity index is 2.18. The van der Waals surface area contributed by atoms with Crippen LogP contribution in [0.25, 0.3) is 0 Å². The van der Waals surface area contributed by atoms with Crippen molar-refractivity contribution in [3.63, 3.8) is 0 Å². The fraction of sp³-hybridized carbons (Fsp3) is 1.00. The Labute approximate surface area is 42.1 Å². The molecule has 0 aromatic rings. The van der Waals surface area contributed by atoms with Gasteiger partial charge >= 0.3 is 0 Å². The molecule has 2 heteroatoms. The summed E-state index contributed by atoms with van der Waals surface area (Å²) >= 11 is 1.87. The minimum atomic E-state index is 0.741. The first-order chi connectivity index (χ1) is 2.89. The van der Waals surface area contributed by atoms with Crippen molar-refractivity contribution in [2.75, 3.05) is 12.5 Å². The van der Waals surface area contributed by atoms with Crippen molar-refractivity contribution < 1.29 is 4.74 Å². The Morgan fingerprint density at radius 1 is 1.83 bits per heavy atom. The maximum Gasteiger partial charge on any atom is 0.0924 e. The Hall–Kier alpha value is 0.310. The van der Waals surface area contributed by atoms with Gasteiger partial charge in [-0.2, -0.15) is 0 Å². The molecule has 1 saturated heterocycles. The van der Waals surface area contributed by atoms with Crippen LogP contribution in [0.3, 0.4) is 0 Å². The number of hydrogen-bond acceptors (Lipinski definition) is 2. The van der Waals surface area contributed by atoms with Crippen molar-refractivity contribution in [3.05, 3.63) is 0 Å². The maximum atomic E-state index is 5.02. The van der Waals surface area contributed by atoms with E-state index in [1.165, 1.54) is 0 Å². The molecule has 6 heavy (non-hydrogen) atoms. The standard InChI is InChI=1S/C4H8OS/c1-4-2-5-3-6-4/h4H,2-3H2,1H3. The van der Waals surface area contributed by atoms with Crippen LogP contribution in [0.1, 0.15) is 6.92 Å². The van der Waals surface area contributed by atoms with Gasteiger partial charge in [0.25, 0.3) is 0 Å². The molecule has 1 aliphatic rings. The van der Waals surface area contributed by atoms with Crippen LogP contribution in [0.2, 0.25) is 0 Å². The molecule has 0 radical (unpaired) electrons. The monoisotopic (exact) mass is 104 g/mol. The Morgan fingerprint density at radius 3 is 2.83 bits per heavy atom. The second-order valence-corrected chi connectivity index (χ2v) is 2.84. The predicted octanol–water partition coefficient (Wildman–Crippen LogP) is 1.10. The van der Waals surface area contributed by atoms with E-state index in [4.69, 9.17) is 4.74 Å². The number of hydrogen-bond donors (Lipinski definition) is 0. The molecule has 0 N–H and O–H groups in total. The van der Waals surface area contributed by atoms with E-state index >= 15 is 0 Å². The molecule has 1 nitrogen and oxygen atoms in total. The lowest BCUT2D eigenvalue weighted by atomic mass is 10.5. The van der Waals surface area contributed by atoms with Gasteiger partial charge in [-0.1, -0.05) is 6.92 Å². The zero-order valence-electron chi connectivity index (χ0n) is 3.81. The molecule has 1 rings (SSSR count). The van der Waals surface area contributed by atoms with Crippen molar-refractivity contribution in [1.82, 2.24) is 0 Å². The number of thioether (sulfide) groups is 1. The third-order valence-electron chi connectivity index (χ3n) is 0.788. The van der Waals surface area contributed by atoms with E-state index in [1.54, 1.807) is 0 Å². The van der Waals surface area contributed by atoms with Gasteiger partial charge in [0, 0.05) is 5.25 Å². The third-order valence-corrected chi connectivity index (χ3v) is 1.80. The van der Waals surface area contributed by atoms with Gasteiger partial charge in [0.15, 0.2) is 0 Å². The van der Waals surface area contributed by atoms with Crippen LogP contribution in [0, 0.1) is 0 Å². The van der Waals surface area contributed by atoms with Crippen LogP contribution in [0.5, 0.6) is 0 Å². The minimum Gasteiger partial charge on any atom is -0.370 e. The van der Waals surface area contributed by atoms with Gasteiger partial charge in [0.05, 0.1) is 12.5 Å². The molecule has 1 unspecified atom stereocenters. The molecule has 0 aromatic carbocycles. The second-order valence-electron chi connectivity index (χ2n) is 1.47. The van der Waals surface area contributed by atoms with Crippen LogP contribution in [0.4, 0.5) is 0 Å². The average Bonchev–Trinajstić information content (AvgIpc) is 1.86. The molecule has 0 amide bonds. The highest BCUT2D eigenvalue weighted by molar-refractivity contribution is 7.99. The maximum absolute atomic E-state index is 5.02. The van der Waals surface area contributed by atoms with Crippen LogP contribution in [-0.4, -0.2) is 17.8 Å². The van der Waals surface area contributed by atoms with Crippen molar-refractivity contribution in [1.29, 1.82) is 0 Å². The van der Waals surface area contributed by atoms with Crippen LogP contribution >= 0.6 is 11.8 Å². The van der Waals surface area contributed by atoms with Gasteiger partial charge in [-0.25, -0.2) is 0 Å². The van der Waals surface area contributed by atoms with Gasteiger partial charge in [0.2, 0.25) is 0 Å². The quantitative estimate of drug-likeness (QED) is 0.455. The highest BCUT2D eigenvalue weighted by Gasteiger charge is 2.08. The molecular weight excluding hydrogens is 96.1 g/mol. The average molecular weight is 104 g/mol. The van der Waals surface area contributed by atoms with E-state index in [-0.39, 0.29) is 0 Å². The van der Waals surface area contributed by atoms with Gasteiger partial charge in [0.1, 0.15) is 0 Å². The SMILES string of the molecule is CC1COCS1. The molecule has 0 aromatic heterocycles. The van der Waals surface area contributed by atoms with Crippen molar-refractivity contribution in [3.8, 4) is 0 Å². The normalized spacial score (nSPS) is 34.5. The summed E-state index contributed by atoms with van der Waals surface area (Å²) in [5.41, 5.74) is 0. The summed E-state index contributed by atoms with van der Waals surface area (Å²) in [5, 5.41) is 0.741. The van der Waals surface area contributed by atoms with E-state index in [0.29, 0.717) is 0 Å². The molecule has 0 aliphatic carbocycles. The summed E-state index contributed by atoms with van der Waals surface area (Å²) in [6.45, 7) is 3.13. The summed E-state index contributed by atoms with van der Waals surface area (Å²) in [6.07, 6.45) is 0. The summed E-state index contributed by atoms with van der Waals surface area (Å²) in [4.78, 5) is 0. The van der Waals surface area contributed by atoms with Gasteiger partial charge in [-0.05, 0) is 0 Å². The van der Waals surface area contributed by atoms with Gasteiger partial charge in [-0.3, -0.25) is 0 Å². The van der Waals surface area contributed by atoms with E-state index in [0.717, 1.165) is 17.8 Å². The largest absolute Gasteiger partial charge is 0.370 e. The summed E-state index contributed by atoms with van der Waals surface area (Å²) in [5.74, 6) is 0.904. The first kappa shape index (κ1) is 4.47. The number of ether oxygens (including phenoxy) is 1. The van der Waals surface area contributed by atoms with Crippen molar-refractivity contribution in [2.45, 2.75) is 12.2 Å². The van der Waals surface area contributed by atoms with Gasteiger partial charge < -0.3 is 4.74 Å². The summed E-state index contributed by atoms with van der Waals surface area (Å²) in [6, 6.07) is 0. The molecule has 1 atom stereocenters. The molecule has 1 heterocycles. The minimum absolute atomic E-state index is 0.741. The molecule has 1 aliphatic heterocycles. The smallest absolute Gasteiger partial charge is 0.0924 e. The Morgan fingerprint density at radius 2 is 2.67 bits per heavy atom. The first-order valence-electron chi connectivity index (χ1n) is 2.09. The fourth-order valence-corrected chi connectivity index (χ4v) is 1.04. The number of rotatable bonds is 0. The van der Waals surface area contributed by atoms with Gasteiger partial charge in [-0.15, -0.1) is 11.8 Å². The van der Waals surface area contributed by atoms with E-state index in [1.807, 2.05) is 11.8 Å². The lowest BCUT2D eigenvalue weighted by molar-refractivity contribution is 0.206. The van der Waals surface area contributed by atoms with E-state index in [2.05, 4.69) is 6.92 Å². The molecule has 0 saturated carbocycles. The van der Waals surface area contributed by atoms with Crippen molar-refractivity contribution in [2.24, 2.45) is 0 Å². The molecule has 0 bridgehead atoms. The van der Waals surface area contributed by atoms with E-state index < -0.39 is 0 Å². The lowest BCUT2D eigenvalue weighted by Crippen LogP contribution is -1.93. The zero-order valence-corrected chi connectivity index (χ0v) is 4.62. The zero-order chi connectivity index (χ0) is 4.41. The Kier molecular flexibility index (Phi) is 1.37. The van der Waals surface area contributed by atoms with Crippen LogP contribution in [0.15, 0.2) is 0 Å². The molecular formula is C4H8OS. The Bertz CT molecular complexity index is 40.8. The fourth-order valence-electron chi connectivity index (χ4n) is 0.426. The highest BCUT2D eigenvalue weighted by Crippen LogP contribution is 2.17. The van der Waals surface area contributed by atoms with E-state index in [9.17, 15) is 0 Å². The van der Waals surface area contributed by atoms with Crippen LogP contribution in [-0.2, 0) is 4.74 Å². The summed E-state index contributed by atoms with van der Waals surface area (Å²) in [7, 11) is 0. The summed E-state index contributed by atoms with van der Waals surface area (Å²) < 4.78 is 5.02. The van der Waals surface area contributed by atoms with Crippen LogP contribution < -0.4 is 0 Å². The second kappa shape index (κ2) is 1.85. The molecule has 36 valence electrons.